The summed E-state index contributed by atoms with van der Waals surface area (Å²) in [5.74, 6) is -0.0117. The van der Waals surface area contributed by atoms with Crippen molar-refractivity contribution in [1.29, 1.82) is 0 Å². The molecule has 0 spiro atoms. The molecule has 2 saturated carbocycles. The molecule has 2 aliphatic carbocycles. The summed E-state index contributed by atoms with van der Waals surface area (Å²) in [4.78, 5) is 12.2. The van der Waals surface area contributed by atoms with Gasteiger partial charge in [-0.15, -0.1) is 0 Å². The van der Waals surface area contributed by atoms with E-state index in [4.69, 9.17) is 0 Å². The number of rotatable bonds is 2. The van der Waals surface area contributed by atoms with Gasteiger partial charge in [-0.2, -0.15) is 0 Å². The van der Waals surface area contributed by atoms with Crippen LogP contribution in [-0.4, -0.2) is 18.9 Å². The third kappa shape index (κ3) is 1.30. The largest absolute Gasteiger partial charge is 0.298 e. The molecule has 2 fully saturated rings. The van der Waals surface area contributed by atoms with E-state index in [-0.39, 0.29) is 11.7 Å². The van der Waals surface area contributed by atoms with Crippen molar-refractivity contribution in [2.24, 2.45) is 5.92 Å². The zero-order valence-corrected chi connectivity index (χ0v) is 11.4. The predicted octanol–water partition coefficient (Wildman–Crippen LogP) is 2.20. The molecule has 0 amide bonds. The van der Waals surface area contributed by atoms with Gasteiger partial charge in [0.25, 0.3) is 0 Å². The van der Waals surface area contributed by atoms with E-state index in [9.17, 15) is 13.2 Å². The van der Waals surface area contributed by atoms with Gasteiger partial charge in [-0.05, 0) is 55.9 Å². The Labute approximate surface area is 107 Å². The van der Waals surface area contributed by atoms with Gasteiger partial charge >= 0.3 is 0 Å². The standard InChI is InChI=1S/C14H16O3S/c1-9-3-5-12(7-10(9)2)18(16,17)14-8-11(14)4-6-13(14)15/h3,5,7,11H,4,6,8H2,1-2H3/t11-,14-/m1/s1. The Hall–Kier alpha value is -1.16. The average Bonchev–Trinajstić information content (AvgIpc) is 2.98. The fourth-order valence-electron chi connectivity index (χ4n) is 3.07. The minimum atomic E-state index is -3.50. The summed E-state index contributed by atoms with van der Waals surface area (Å²) in [6.07, 6.45) is 1.69. The molecule has 96 valence electrons. The van der Waals surface area contributed by atoms with Crippen LogP contribution in [0.4, 0.5) is 0 Å². The Balaban J connectivity index is 2.11. The maximum absolute atomic E-state index is 12.7. The first kappa shape index (κ1) is 11.9. The molecule has 2 atom stereocenters. The van der Waals surface area contributed by atoms with Gasteiger partial charge in [-0.3, -0.25) is 4.79 Å². The van der Waals surface area contributed by atoms with E-state index < -0.39 is 14.6 Å². The molecule has 3 nitrogen and oxygen atoms in total. The highest BCUT2D eigenvalue weighted by molar-refractivity contribution is 7.94. The summed E-state index contributed by atoms with van der Waals surface area (Å²) in [6, 6.07) is 5.14. The van der Waals surface area contributed by atoms with E-state index in [1.54, 1.807) is 12.1 Å². The quantitative estimate of drug-likeness (QED) is 0.822. The molecule has 18 heavy (non-hydrogen) atoms. The van der Waals surface area contributed by atoms with Crippen LogP contribution >= 0.6 is 0 Å². The first-order chi connectivity index (χ1) is 8.39. The summed E-state index contributed by atoms with van der Waals surface area (Å²) in [5.41, 5.74) is 2.02. The first-order valence-electron chi connectivity index (χ1n) is 6.25. The highest BCUT2D eigenvalue weighted by Gasteiger charge is 2.71. The van der Waals surface area contributed by atoms with Crippen LogP contribution in [-0.2, 0) is 14.6 Å². The number of ketones is 1. The smallest absolute Gasteiger partial charge is 0.191 e. The lowest BCUT2D eigenvalue weighted by Crippen LogP contribution is -2.31. The van der Waals surface area contributed by atoms with Gasteiger partial charge in [-0.25, -0.2) is 8.42 Å². The normalized spacial score (nSPS) is 30.3. The lowest BCUT2D eigenvalue weighted by atomic mass is 10.1. The predicted molar refractivity (Wildman–Crippen MR) is 68.2 cm³/mol. The molecule has 1 aromatic carbocycles. The lowest BCUT2D eigenvalue weighted by Gasteiger charge is -2.13. The maximum atomic E-state index is 12.7. The van der Waals surface area contributed by atoms with Crippen molar-refractivity contribution in [1.82, 2.24) is 0 Å². The zero-order valence-electron chi connectivity index (χ0n) is 10.6. The second-order valence-electron chi connectivity index (χ2n) is 5.50. The molecule has 0 heterocycles. The van der Waals surface area contributed by atoms with Gasteiger partial charge < -0.3 is 0 Å². The van der Waals surface area contributed by atoms with Crippen molar-refractivity contribution in [2.75, 3.05) is 0 Å². The molecule has 0 radical (unpaired) electrons. The van der Waals surface area contributed by atoms with Gasteiger partial charge in [0, 0.05) is 6.42 Å². The first-order valence-corrected chi connectivity index (χ1v) is 7.73. The Morgan fingerprint density at radius 2 is 1.94 bits per heavy atom. The monoisotopic (exact) mass is 264 g/mol. The van der Waals surface area contributed by atoms with Crippen LogP contribution in [0.5, 0.6) is 0 Å². The van der Waals surface area contributed by atoms with Gasteiger partial charge in [0.2, 0.25) is 0 Å². The van der Waals surface area contributed by atoms with Crippen molar-refractivity contribution in [3.63, 3.8) is 0 Å². The molecule has 2 aliphatic rings. The molecular weight excluding hydrogens is 248 g/mol. The van der Waals surface area contributed by atoms with E-state index >= 15 is 0 Å². The fourth-order valence-corrected chi connectivity index (χ4v) is 5.45. The van der Waals surface area contributed by atoms with Crippen molar-refractivity contribution in [3.05, 3.63) is 29.3 Å². The highest BCUT2D eigenvalue weighted by Crippen LogP contribution is 2.60. The van der Waals surface area contributed by atoms with Gasteiger partial charge in [0.15, 0.2) is 15.6 Å². The Kier molecular flexibility index (Phi) is 2.28. The number of hydrogen-bond donors (Lipinski definition) is 0. The minimum Gasteiger partial charge on any atom is -0.298 e. The molecular formula is C14H16O3S. The van der Waals surface area contributed by atoms with Crippen molar-refractivity contribution >= 4 is 15.6 Å². The van der Waals surface area contributed by atoms with E-state index in [0.29, 0.717) is 17.7 Å². The topological polar surface area (TPSA) is 51.2 Å². The number of fused-ring (bicyclic) bond motifs is 1. The van der Waals surface area contributed by atoms with Crippen molar-refractivity contribution in [3.8, 4) is 0 Å². The van der Waals surface area contributed by atoms with E-state index in [0.717, 1.165) is 17.5 Å². The number of Topliss-reactive ketones (excluding diaryl/α,β-unsaturated/α-hetero) is 1. The third-order valence-electron chi connectivity index (χ3n) is 4.51. The van der Waals surface area contributed by atoms with Crippen LogP contribution in [0.25, 0.3) is 0 Å². The van der Waals surface area contributed by atoms with Crippen LogP contribution < -0.4 is 0 Å². The van der Waals surface area contributed by atoms with Crippen LogP contribution in [0, 0.1) is 19.8 Å². The molecule has 3 rings (SSSR count). The number of carbonyl (C=O) groups is 1. The third-order valence-corrected chi connectivity index (χ3v) is 7.07. The lowest BCUT2D eigenvalue weighted by molar-refractivity contribution is -0.118. The second-order valence-corrected chi connectivity index (χ2v) is 7.71. The van der Waals surface area contributed by atoms with Crippen LogP contribution in [0.15, 0.2) is 23.1 Å². The van der Waals surface area contributed by atoms with Crippen LogP contribution in [0.1, 0.15) is 30.4 Å². The van der Waals surface area contributed by atoms with Crippen molar-refractivity contribution in [2.45, 2.75) is 42.8 Å². The average molecular weight is 264 g/mol. The number of benzene rings is 1. The van der Waals surface area contributed by atoms with Crippen molar-refractivity contribution < 1.29 is 13.2 Å². The molecule has 1 aromatic rings. The molecule has 0 bridgehead atoms. The highest BCUT2D eigenvalue weighted by atomic mass is 32.2. The number of hydrogen-bond acceptors (Lipinski definition) is 3. The van der Waals surface area contributed by atoms with E-state index in [1.165, 1.54) is 0 Å². The molecule has 0 aromatic heterocycles. The van der Waals surface area contributed by atoms with Gasteiger partial charge in [0.1, 0.15) is 4.75 Å². The second kappa shape index (κ2) is 3.44. The Morgan fingerprint density at radius 1 is 1.22 bits per heavy atom. The summed E-state index contributed by atoms with van der Waals surface area (Å²) in [7, 11) is -3.50. The number of aryl methyl sites for hydroxylation is 2. The van der Waals surface area contributed by atoms with Gasteiger partial charge in [-0.1, -0.05) is 6.07 Å². The molecule has 0 aliphatic heterocycles. The Morgan fingerprint density at radius 3 is 2.44 bits per heavy atom. The van der Waals surface area contributed by atoms with E-state index in [1.807, 2.05) is 19.9 Å². The van der Waals surface area contributed by atoms with Crippen LogP contribution in [0.3, 0.4) is 0 Å². The fraction of sp³-hybridized carbons (Fsp3) is 0.500. The summed E-state index contributed by atoms with van der Waals surface area (Å²) in [5, 5.41) is 0. The molecule has 0 saturated heterocycles. The Bertz CT molecular complexity index is 645. The zero-order chi connectivity index (χ0) is 13.1. The SMILES string of the molecule is Cc1ccc(S(=O)(=O)[C@]23C[C@H]2CCC3=O)cc1C. The summed E-state index contributed by atoms with van der Waals surface area (Å²) < 4.78 is 24.2. The number of carbonyl (C=O) groups excluding carboxylic acids is 1. The molecule has 0 N–H and O–H groups in total. The summed E-state index contributed by atoms with van der Waals surface area (Å²) >= 11 is 0. The van der Waals surface area contributed by atoms with Gasteiger partial charge in [0.05, 0.1) is 4.90 Å². The van der Waals surface area contributed by atoms with E-state index in [2.05, 4.69) is 0 Å². The van der Waals surface area contributed by atoms with Crippen LogP contribution in [0.2, 0.25) is 0 Å². The number of sulfone groups is 1. The molecule has 0 unspecified atom stereocenters. The summed E-state index contributed by atoms with van der Waals surface area (Å²) in [6.45, 7) is 3.84. The molecule has 4 heteroatoms. The minimum absolute atomic E-state index is 0.0663. The maximum Gasteiger partial charge on any atom is 0.191 e.